The van der Waals surface area contributed by atoms with Gasteiger partial charge < -0.3 is 5.11 Å². The van der Waals surface area contributed by atoms with Crippen molar-refractivity contribution in [2.75, 3.05) is 0 Å². The second-order valence-corrected chi connectivity index (χ2v) is 7.58. The molecule has 0 aromatic heterocycles. The average molecular weight is 295 g/mol. The third-order valence-corrected chi connectivity index (χ3v) is 5.63. The molecule has 1 N–H and O–H groups in total. The van der Waals surface area contributed by atoms with Gasteiger partial charge in [0, 0.05) is 11.4 Å². The average Bonchev–Trinajstić information content (AvgIpc) is 2.42. The molecule has 0 bridgehead atoms. The van der Waals surface area contributed by atoms with Crippen molar-refractivity contribution in [1.82, 2.24) is 0 Å². The van der Waals surface area contributed by atoms with E-state index < -0.39 is 5.60 Å². The summed E-state index contributed by atoms with van der Waals surface area (Å²) in [7, 11) is 0. The molecule has 20 heavy (non-hydrogen) atoms. The Morgan fingerprint density at radius 3 is 2.25 bits per heavy atom. The van der Waals surface area contributed by atoms with Gasteiger partial charge in [-0.2, -0.15) is 0 Å². The number of rotatable bonds is 4. The van der Waals surface area contributed by atoms with E-state index in [1.165, 1.54) is 12.0 Å². The lowest BCUT2D eigenvalue weighted by Crippen LogP contribution is -2.39. The van der Waals surface area contributed by atoms with Crippen molar-refractivity contribution in [3.8, 4) is 0 Å². The Morgan fingerprint density at radius 1 is 1.20 bits per heavy atom. The molecule has 2 rings (SSSR count). The first-order chi connectivity index (χ1) is 9.35. The third kappa shape index (κ3) is 3.77. The predicted molar refractivity (Wildman–Crippen MR) is 86.1 cm³/mol. The lowest BCUT2D eigenvalue weighted by Gasteiger charge is -2.42. The molecular weight excluding hydrogens is 268 g/mol. The normalized spacial score (nSPS) is 27.6. The molecule has 1 fully saturated rings. The molecule has 0 atom stereocenters. The van der Waals surface area contributed by atoms with Gasteiger partial charge in [-0.15, -0.1) is 0 Å². The topological polar surface area (TPSA) is 20.2 Å². The summed E-state index contributed by atoms with van der Waals surface area (Å²) >= 11 is 5.91. The van der Waals surface area contributed by atoms with Gasteiger partial charge in [0.25, 0.3) is 0 Å². The van der Waals surface area contributed by atoms with E-state index in [9.17, 15) is 5.11 Å². The van der Waals surface area contributed by atoms with E-state index in [1.54, 1.807) is 0 Å². The Bertz CT molecular complexity index is 427. The Balaban J connectivity index is 1.96. The molecule has 1 aliphatic rings. The second-order valence-electron chi connectivity index (χ2n) is 7.14. The molecule has 0 radical (unpaired) electrons. The highest BCUT2D eigenvalue weighted by Gasteiger charge is 2.38. The number of hydrogen-bond donors (Lipinski definition) is 1. The van der Waals surface area contributed by atoms with Crippen LogP contribution in [0, 0.1) is 11.3 Å². The van der Waals surface area contributed by atoms with Crippen LogP contribution in [0.2, 0.25) is 5.02 Å². The van der Waals surface area contributed by atoms with Gasteiger partial charge >= 0.3 is 0 Å². The highest BCUT2D eigenvalue weighted by Crippen LogP contribution is 2.44. The van der Waals surface area contributed by atoms with Gasteiger partial charge in [-0.1, -0.05) is 50.9 Å². The molecule has 112 valence electrons. The van der Waals surface area contributed by atoms with Crippen LogP contribution in [0.5, 0.6) is 0 Å². The SMILES string of the molecule is CCC(C)(C)C1CCC(O)(Cc2ccc(Cl)cc2)CC1. The van der Waals surface area contributed by atoms with Crippen LogP contribution >= 0.6 is 11.6 Å². The van der Waals surface area contributed by atoms with Crippen molar-refractivity contribution in [3.05, 3.63) is 34.9 Å². The summed E-state index contributed by atoms with van der Waals surface area (Å²) in [4.78, 5) is 0. The Hall–Kier alpha value is -0.530. The molecule has 0 unspecified atom stereocenters. The lowest BCUT2D eigenvalue weighted by molar-refractivity contribution is -0.0276. The largest absolute Gasteiger partial charge is 0.390 e. The summed E-state index contributed by atoms with van der Waals surface area (Å²) in [5.74, 6) is 0.748. The van der Waals surface area contributed by atoms with Crippen molar-refractivity contribution >= 4 is 11.6 Å². The summed E-state index contributed by atoms with van der Waals surface area (Å²) in [6, 6.07) is 7.88. The van der Waals surface area contributed by atoms with Crippen molar-refractivity contribution in [2.45, 2.75) is 64.9 Å². The van der Waals surface area contributed by atoms with Crippen LogP contribution in [0.3, 0.4) is 0 Å². The van der Waals surface area contributed by atoms with Crippen molar-refractivity contribution < 1.29 is 5.11 Å². The van der Waals surface area contributed by atoms with Crippen LogP contribution in [0.1, 0.15) is 58.4 Å². The summed E-state index contributed by atoms with van der Waals surface area (Å²) < 4.78 is 0. The molecule has 1 nitrogen and oxygen atoms in total. The van der Waals surface area contributed by atoms with Gasteiger partial charge in [-0.3, -0.25) is 0 Å². The van der Waals surface area contributed by atoms with E-state index in [4.69, 9.17) is 11.6 Å². The van der Waals surface area contributed by atoms with Crippen molar-refractivity contribution in [2.24, 2.45) is 11.3 Å². The van der Waals surface area contributed by atoms with E-state index >= 15 is 0 Å². The van der Waals surface area contributed by atoms with Gasteiger partial charge in [-0.25, -0.2) is 0 Å². The molecule has 1 saturated carbocycles. The summed E-state index contributed by atoms with van der Waals surface area (Å²) in [6.07, 6.45) is 6.10. The first-order valence-corrected chi connectivity index (χ1v) is 8.19. The quantitative estimate of drug-likeness (QED) is 0.805. The van der Waals surface area contributed by atoms with Crippen LogP contribution in [0.4, 0.5) is 0 Å². The molecular formula is C18H27ClO. The summed E-state index contributed by atoms with van der Waals surface area (Å²) in [5.41, 5.74) is 1.07. The number of aliphatic hydroxyl groups is 1. The van der Waals surface area contributed by atoms with Crippen LogP contribution in [-0.4, -0.2) is 10.7 Å². The number of hydrogen-bond acceptors (Lipinski definition) is 1. The standard InChI is InChI=1S/C18H27ClO/c1-4-17(2,3)15-9-11-18(20,12-10-15)13-14-5-7-16(19)8-6-14/h5-8,15,20H,4,9-13H2,1-3H3. The van der Waals surface area contributed by atoms with Crippen molar-refractivity contribution in [1.29, 1.82) is 0 Å². The Labute approximate surface area is 128 Å². The zero-order valence-corrected chi connectivity index (χ0v) is 13.7. The summed E-state index contributed by atoms with van der Waals surface area (Å²) in [5, 5.41) is 11.6. The van der Waals surface area contributed by atoms with Gasteiger partial charge in [0.05, 0.1) is 5.60 Å². The zero-order chi connectivity index (χ0) is 14.8. The molecule has 2 heteroatoms. The molecule has 1 aliphatic carbocycles. The zero-order valence-electron chi connectivity index (χ0n) is 13.0. The van der Waals surface area contributed by atoms with Crippen molar-refractivity contribution in [3.63, 3.8) is 0 Å². The van der Waals surface area contributed by atoms with E-state index in [1.807, 2.05) is 24.3 Å². The monoisotopic (exact) mass is 294 g/mol. The molecule has 1 aromatic rings. The molecule has 0 amide bonds. The van der Waals surface area contributed by atoms with Crippen LogP contribution in [0.25, 0.3) is 0 Å². The molecule has 0 aliphatic heterocycles. The molecule has 0 heterocycles. The first-order valence-electron chi connectivity index (χ1n) is 7.81. The van der Waals surface area contributed by atoms with E-state index in [2.05, 4.69) is 20.8 Å². The minimum Gasteiger partial charge on any atom is -0.390 e. The molecule has 0 spiro atoms. The number of benzene rings is 1. The minimum atomic E-state index is -0.520. The van der Waals surface area contributed by atoms with Gasteiger partial charge in [-0.05, 0) is 54.7 Å². The maximum Gasteiger partial charge on any atom is 0.0688 e. The highest BCUT2D eigenvalue weighted by atomic mass is 35.5. The van der Waals surface area contributed by atoms with Crippen LogP contribution in [0.15, 0.2) is 24.3 Å². The first kappa shape index (κ1) is 15.9. The molecule has 1 aromatic carbocycles. The highest BCUT2D eigenvalue weighted by molar-refractivity contribution is 6.30. The Morgan fingerprint density at radius 2 is 1.75 bits per heavy atom. The van der Waals surface area contributed by atoms with Gasteiger partial charge in [0.2, 0.25) is 0 Å². The van der Waals surface area contributed by atoms with Crippen LogP contribution in [-0.2, 0) is 6.42 Å². The van der Waals surface area contributed by atoms with Gasteiger partial charge in [0.15, 0.2) is 0 Å². The minimum absolute atomic E-state index is 0.404. The second kappa shape index (κ2) is 6.07. The maximum absolute atomic E-state index is 10.8. The maximum atomic E-state index is 10.8. The van der Waals surface area contributed by atoms with Gasteiger partial charge in [0.1, 0.15) is 0 Å². The third-order valence-electron chi connectivity index (χ3n) is 5.38. The fraction of sp³-hybridized carbons (Fsp3) is 0.667. The number of halogens is 1. The Kier molecular flexibility index (Phi) is 4.81. The predicted octanol–water partition coefficient (Wildman–Crippen LogP) is 5.24. The summed E-state index contributed by atoms with van der Waals surface area (Å²) in [6.45, 7) is 7.00. The van der Waals surface area contributed by atoms with E-state index in [0.29, 0.717) is 5.41 Å². The lowest BCUT2D eigenvalue weighted by atomic mass is 9.65. The van der Waals surface area contributed by atoms with E-state index in [-0.39, 0.29) is 0 Å². The smallest absolute Gasteiger partial charge is 0.0688 e. The fourth-order valence-corrected chi connectivity index (χ4v) is 3.51. The fourth-order valence-electron chi connectivity index (χ4n) is 3.38. The van der Waals surface area contributed by atoms with Crippen LogP contribution < -0.4 is 0 Å². The molecule has 0 saturated heterocycles. The van der Waals surface area contributed by atoms with E-state index in [0.717, 1.165) is 43.0 Å².